The number of hydrogen-bond acceptors (Lipinski definition) is 12. The number of hydrogen-bond donors (Lipinski definition) is 0. The van der Waals surface area contributed by atoms with E-state index in [1.165, 1.54) is 0 Å². The van der Waals surface area contributed by atoms with E-state index >= 15 is 0 Å². The third-order valence-electron chi connectivity index (χ3n) is 0. The molecule has 0 aromatic carbocycles. The Bertz CT molecular complexity index is 341. The molecule has 0 N–H and O–H groups in total. The van der Waals surface area contributed by atoms with Gasteiger partial charge in [-0.05, 0) is 0 Å². The summed E-state index contributed by atoms with van der Waals surface area (Å²) in [6.07, 6.45) is 0. The van der Waals surface area contributed by atoms with Crippen molar-refractivity contribution in [3.63, 3.8) is 0 Å². The number of rotatable bonds is 0. The van der Waals surface area contributed by atoms with Crippen molar-refractivity contribution in [2.24, 2.45) is 0 Å². The van der Waals surface area contributed by atoms with E-state index in [0.29, 0.717) is 0 Å². The van der Waals surface area contributed by atoms with Gasteiger partial charge in [0.1, 0.15) is 0 Å². The van der Waals surface area contributed by atoms with E-state index in [4.69, 9.17) is 48.1 Å². The van der Waals surface area contributed by atoms with Crippen molar-refractivity contribution in [1.82, 2.24) is 0 Å². The summed E-state index contributed by atoms with van der Waals surface area (Å²) in [6.45, 7) is 0. The van der Waals surface area contributed by atoms with Gasteiger partial charge in [0.15, 0.2) is 0 Å². The van der Waals surface area contributed by atoms with Crippen LogP contribution in [0.1, 0.15) is 0 Å². The van der Waals surface area contributed by atoms with E-state index in [2.05, 4.69) is 0 Å². The van der Waals surface area contributed by atoms with Gasteiger partial charge in [-0.3, -0.25) is 0 Å². The molecule has 0 spiro atoms. The zero-order valence-corrected chi connectivity index (χ0v) is 14.8. The van der Waals surface area contributed by atoms with E-state index in [1.807, 2.05) is 0 Å². The van der Waals surface area contributed by atoms with Gasteiger partial charge in [-0.2, -0.15) is 0 Å². The molecule has 17 heavy (non-hydrogen) atoms. The van der Waals surface area contributed by atoms with E-state index in [0.717, 1.165) is 0 Å². The maximum atomic E-state index is 8.58. The van der Waals surface area contributed by atoms with Gasteiger partial charge in [-0.25, -0.2) is 0 Å². The molecule has 0 atom stereocenters. The Labute approximate surface area is 165 Å². The first-order chi connectivity index (χ1) is 6.00. The van der Waals surface area contributed by atoms with Crippen LogP contribution in [0.5, 0.6) is 0 Å². The summed E-state index contributed by atoms with van der Waals surface area (Å²) >= 11 is -16.9. The first-order valence-corrected chi connectivity index (χ1v) is 7.63. The Balaban J connectivity index is -0.0000000400. The molecule has 0 aromatic heterocycles. The summed E-state index contributed by atoms with van der Waals surface area (Å²) in [5.74, 6) is 0. The third kappa shape index (κ3) is 689. The summed E-state index contributed by atoms with van der Waals surface area (Å²) < 4.78 is 103. The molecule has 0 amide bonds. The van der Waals surface area contributed by atoms with Gasteiger partial charge in [-0.15, -0.1) is 0 Å². The SMILES string of the molecule is [Gd+3].[Gd+3].[O]=[Mn](=[O])([O-])[O-].[O]=[Mn](=[O])([O-])[O-].[O]=[Mn](=[O])([O-])[O-]. The fraction of sp³-hybridized carbons (Fsp3) is 0. The summed E-state index contributed by atoms with van der Waals surface area (Å²) in [5, 5.41) is 0. The van der Waals surface area contributed by atoms with Gasteiger partial charge in [0.05, 0.1) is 0 Å². The Morgan fingerprint density at radius 1 is 0.412 bits per heavy atom. The van der Waals surface area contributed by atoms with Crippen LogP contribution in [0.2, 0.25) is 0 Å². The summed E-state index contributed by atoms with van der Waals surface area (Å²) in [6, 6.07) is 0. The monoisotopic (exact) mass is 673 g/mol. The van der Waals surface area contributed by atoms with E-state index in [-0.39, 0.29) is 79.9 Å². The van der Waals surface area contributed by atoms with Crippen LogP contribution >= 0.6 is 0 Å². The molecular formula is Gd2Mn3O12. The normalized spacial score (nSPS) is 10.2. The minimum absolute atomic E-state index is 0. The predicted octanol–water partition coefficient (Wildman–Crippen LogP) is -7.85. The maximum absolute atomic E-state index is 8.58. The Kier molecular flexibility index (Phi) is 25.8. The van der Waals surface area contributed by atoms with Crippen LogP contribution in [0, 0.1) is 79.9 Å². The summed E-state index contributed by atoms with van der Waals surface area (Å²) in [7, 11) is 0. The molecule has 2 radical (unpaired) electrons. The van der Waals surface area contributed by atoms with Gasteiger partial charge in [0, 0.05) is 0 Å². The molecule has 0 rings (SSSR count). The third-order valence-corrected chi connectivity index (χ3v) is 0. The molecule has 12 nitrogen and oxygen atoms in total. The quantitative estimate of drug-likeness (QED) is 0.218. The molecule has 0 fully saturated rings. The molecule has 0 saturated heterocycles. The standard InChI is InChI=1S/2Gd.3Mn.12O/q2*+3;;;;;;;;;;6*-1. The molecular weight excluding hydrogens is 671 g/mol. The van der Waals surface area contributed by atoms with E-state index in [1.54, 1.807) is 0 Å². The van der Waals surface area contributed by atoms with Crippen LogP contribution < -0.4 is 25.1 Å². The molecule has 0 aliphatic carbocycles. The molecule has 0 aliphatic heterocycles. The van der Waals surface area contributed by atoms with Crippen molar-refractivity contribution < 1.29 is 168 Å². The van der Waals surface area contributed by atoms with Gasteiger partial charge in [0.2, 0.25) is 0 Å². The Morgan fingerprint density at radius 3 is 0.412 bits per heavy atom. The fourth-order valence-electron chi connectivity index (χ4n) is 0. The molecule has 0 heterocycles. The van der Waals surface area contributed by atoms with Gasteiger partial charge < -0.3 is 0 Å². The zero-order chi connectivity index (χ0) is 13.5. The predicted molar refractivity (Wildman–Crippen MR) is 4.12 cm³/mol. The second kappa shape index (κ2) is 13.7. The van der Waals surface area contributed by atoms with E-state index in [9.17, 15) is 0 Å². The average Bonchev–Trinajstić information content (AvgIpc) is 1.41. The Morgan fingerprint density at radius 2 is 0.412 bits per heavy atom. The minimum atomic E-state index is -5.62. The molecule has 17 heteroatoms. The van der Waals surface area contributed by atoms with Crippen LogP contribution in [0.4, 0.5) is 0 Å². The van der Waals surface area contributed by atoms with Crippen LogP contribution in [0.15, 0.2) is 0 Å². The molecule has 0 aliphatic rings. The van der Waals surface area contributed by atoms with Gasteiger partial charge >= 0.3 is 168 Å². The topological polar surface area (TPSA) is 241 Å². The van der Waals surface area contributed by atoms with Crippen molar-refractivity contribution in [2.45, 2.75) is 0 Å². The molecule has 0 bridgehead atoms. The Hall–Kier alpha value is 2.77. The second-order valence-corrected chi connectivity index (χ2v) is 4.68. The first kappa shape index (κ1) is 31.9. The summed E-state index contributed by atoms with van der Waals surface area (Å²) in [5.41, 5.74) is 0. The molecule has 0 saturated carbocycles. The van der Waals surface area contributed by atoms with Gasteiger partial charge in [0.25, 0.3) is 0 Å². The first-order valence-electron chi connectivity index (χ1n) is 1.85. The molecule has 0 aromatic rings. The fourth-order valence-corrected chi connectivity index (χ4v) is 0. The van der Waals surface area contributed by atoms with E-state index < -0.39 is 40.1 Å². The van der Waals surface area contributed by atoms with Crippen LogP contribution in [0.25, 0.3) is 0 Å². The van der Waals surface area contributed by atoms with Crippen molar-refractivity contribution in [3.8, 4) is 0 Å². The summed E-state index contributed by atoms with van der Waals surface area (Å²) in [4.78, 5) is 0. The van der Waals surface area contributed by atoms with Crippen molar-refractivity contribution in [1.29, 1.82) is 0 Å². The van der Waals surface area contributed by atoms with Crippen molar-refractivity contribution in [2.75, 3.05) is 0 Å². The van der Waals surface area contributed by atoms with Crippen molar-refractivity contribution >= 4 is 0 Å². The van der Waals surface area contributed by atoms with Crippen LogP contribution in [-0.2, 0) is 63.1 Å². The molecule has 0 unspecified atom stereocenters. The zero-order valence-electron chi connectivity index (χ0n) is 6.74. The second-order valence-electron chi connectivity index (χ2n) is 1.13. The van der Waals surface area contributed by atoms with Gasteiger partial charge in [-0.1, -0.05) is 0 Å². The molecule has 109 valence electrons. The van der Waals surface area contributed by atoms with Crippen LogP contribution in [-0.4, -0.2) is 0 Å². The average molecular weight is 671 g/mol. The van der Waals surface area contributed by atoms with Crippen molar-refractivity contribution in [3.05, 3.63) is 0 Å². The van der Waals surface area contributed by atoms with Crippen LogP contribution in [0.3, 0.4) is 0 Å².